The van der Waals surface area contributed by atoms with E-state index in [0.717, 1.165) is 17.5 Å². The van der Waals surface area contributed by atoms with Crippen LogP contribution < -0.4 is 5.32 Å². The van der Waals surface area contributed by atoms with Gasteiger partial charge in [-0.1, -0.05) is 32.4 Å². The van der Waals surface area contributed by atoms with E-state index in [1.165, 1.54) is 30.5 Å². The number of H-pyrrole nitrogens is 1. The van der Waals surface area contributed by atoms with Gasteiger partial charge in [0.1, 0.15) is 0 Å². The van der Waals surface area contributed by atoms with Crippen LogP contribution in [0.2, 0.25) is 0 Å². The number of hydrogen-bond acceptors (Lipinski definition) is 2. The molecule has 1 saturated carbocycles. The van der Waals surface area contributed by atoms with Crippen LogP contribution in [0.4, 0.5) is 5.69 Å². The van der Waals surface area contributed by atoms with E-state index in [1.807, 2.05) is 6.20 Å². The number of anilines is 1. The summed E-state index contributed by atoms with van der Waals surface area (Å²) in [6, 6.07) is 9.23. The van der Waals surface area contributed by atoms with Crippen molar-refractivity contribution in [2.45, 2.75) is 39.2 Å². The van der Waals surface area contributed by atoms with Crippen LogP contribution in [0.15, 0.2) is 36.8 Å². The molecule has 0 aliphatic heterocycles. The summed E-state index contributed by atoms with van der Waals surface area (Å²) in [7, 11) is 0. The Morgan fingerprint density at radius 1 is 1.10 bits per heavy atom. The number of nitrogens with one attached hydrogen (secondary N) is 2. The number of aromatic amines is 1. The number of nitrogens with zero attached hydrogens (tertiary/aromatic N) is 1. The third-order valence-corrected chi connectivity index (χ3v) is 4.57. The van der Waals surface area contributed by atoms with Crippen LogP contribution in [-0.2, 0) is 0 Å². The highest BCUT2D eigenvalue weighted by Gasteiger charge is 2.27. The maximum atomic E-state index is 4.06. The summed E-state index contributed by atoms with van der Waals surface area (Å²) in [6.45, 7) is 4.73. The van der Waals surface area contributed by atoms with Crippen LogP contribution in [0.3, 0.4) is 0 Å². The molecule has 1 aliphatic carbocycles. The lowest BCUT2D eigenvalue weighted by Gasteiger charge is -2.35. The molecule has 0 radical (unpaired) electrons. The minimum Gasteiger partial charge on any atom is -0.382 e. The number of imidazole rings is 1. The average molecular weight is 269 g/mol. The van der Waals surface area contributed by atoms with Crippen molar-refractivity contribution in [3.63, 3.8) is 0 Å². The van der Waals surface area contributed by atoms with Crippen LogP contribution in [0, 0.1) is 11.8 Å². The molecule has 0 saturated heterocycles. The van der Waals surface area contributed by atoms with Gasteiger partial charge in [0.05, 0.1) is 18.2 Å². The van der Waals surface area contributed by atoms with Gasteiger partial charge < -0.3 is 10.3 Å². The van der Waals surface area contributed by atoms with Crippen LogP contribution in [0.5, 0.6) is 0 Å². The van der Waals surface area contributed by atoms with E-state index in [9.17, 15) is 0 Å². The molecule has 1 aliphatic rings. The standard InChI is InChI=1S/C17H23N3/c1-12-4-3-5-13(2)17(12)20-15-8-6-14(7-9-15)16-10-18-11-19-16/h6-13,17,20H,3-5H2,1-2H3,(H,18,19). The quantitative estimate of drug-likeness (QED) is 0.871. The summed E-state index contributed by atoms with van der Waals surface area (Å²) in [5.41, 5.74) is 3.47. The summed E-state index contributed by atoms with van der Waals surface area (Å²) in [5.74, 6) is 1.51. The summed E-state index contributed by atoms with van der Waals surface area (Å²) in [6.07, 6.45) is 7.63. The second-order valence-electron chi connectivity index (χ2n) is 6.10. The first kappa shape index (κ1) is 13.2. The molecular weight excluding hydrogens is 246 g/mol. The minimum atomic E-state index is 0.599. The second-order valence-corrected chi connectivity index (χ2v) is 6.10. The maximum absolute atomic E-state index is 4.06. The van der Waals surface area contributed by atoms with Gasteiger partial charge in [-0.15, -0.1) is 0 Å². The van der Waals surface area contributed by atoms with E-state index in [-0.39, 0.29) is 0 Å². The van der Waals surface area contributed by atoms with E-state index >= 15 is 0 Å². The van der Waals surface area contributed by atoms with Gasteiger partial charge >= 0.3 is 0 Å². The second kappa shape index (κ2) is 5.70. The van der Waals surface area contributed by atoms with E-state index in [2.05, 4.69) is 53.4 Å². The Bertz CT molecular complexity index is 520. The van der Waals surface area contributed by atoms with Crippen LogP contribution >= 0.6 is 0 Å². The van der Waals surface area contributed by atoms with Crippen molar-refractivity contribution in [1.29, 1.82) is 0 Å². The summed E-state index contributed by atoms with van der Waals surface area (Å²) < 4.78 is 0. The molecule has 0 bridgehead atoms. The molecule has 2 unspecified atom stereocenters. The molecule has 20 heavy (non-hydrogen) atoms. The first-order valence-electron chi connectivity index (χ1n) is 7.59. The van der Waals surface area contributed by atoms with Crippen LogP contribution in [-0.4, -0.2) is 16.0 Å². The highest BCUT2D eigenvalue weighted by Crippen LogP contribution is 2.31. The Balaban J connectivity index is 1.71. The molecule has 0 amide bonds. The van der Waals surface area contributed by atoms with Crippen molar-refractivity contribution in [3.8, 4) is 11.3 Å². The van der Waals surface area contributed by atoms with Gasteiger partial charge in [-0.2, -0.15) is 0 Å². The number of benzene rings is 1. The smallest absolute Gasteiger partial charge is 0.0924 e. The zero-order valence-electron chi connectivity index (χ0n) is 12.3. The summed E-state index contributed by atoms with van der Waals surface area (Å²) >= 11 is 0. The van der Waals surface area contributed by atoms with Gasteiger partial charge in [-0.3, -0.25) is 0 Å². The maximum Gasteiger partial charge on any atom is 0.0924 e. The van der Waals surface area contributed by atoms with Gasteiger partial charge in [-0.05, 0) is 42.4 Å². The van der Waals surface area contributed by atoms with Crippen molar-refractivity contribution in [2.75, 3.05) is 5.32 Å². The predicted molar refractivity (Wildman–Crippen MR) is 83.6 cm³/mol. The summed E-state index contributed by atoms with van der Waals surface area (Å²) in [4.78, 5) is 7.20. The van der Waals surface area contributed by atoms with Gasteiger partial charge in [0.25, 0.3) is 0 Å². The fraction of sp³-hybridized carbons (Fsp3) is 0.471. The molecule has 1 fully saturated rings. The molecule has 3 nitrogen and oxygen atoms in total. The number of hydrogen-bond donors (Lipinski definition) is 2. The monoisotopic (exact) mass is 269 g/mol. The van der Waals surface area contributed by atoms with Crippen molar-refractivity contribution in [2.24, 2.45) is 11.8 Å². The largest absolute Gasteiger partial charge is 0.382 e. The van der Waals surface area contributed by atoms with Crippen molar-refractivity contribution in [3.05, 3.63) is 36.8 Å². The SMILES string of the molecule is CC1CCCC(C)C1Nc1ccc(-c2cnc[nH]2)cc1. The topological polar surface area (TPSA) is 40.7 Å². The van der Waals surface area contributed by atoms with Crippen molar-refractivity contribution >= 4 is 5.69 Å². The Hall–Kier alpha value is -1.77. The first-order chi connectivity index (χ1) is 9.74. The molecular formula is C17H23N3. The molecule has 2 N–H and O–H groups in total. The fourth-order valence-electron chi connectivity index (χ4n) is 3.32. The molecule has 1 aromatic heterocycles. The Kier molecular flexibility index (Phi) is 3.77. The summed E-state index contributed by atoms with van der Waals surface area (Å²) in [5, 5.41) is 3.73. The molecule has 1 aromatic carbocycles. The Morgan fingerprint density at radius 2 is 1.80 bits per heavy atom. The third-order valence-electron chi connectivity index (χ3n) is 4.57. The molecule has 0 spiro atoms. The number of rotatable bonds is 3. The van der Waals surface area contributed by atoms with E-state index in [4.69, 9.17) is 0 Å². The minimum absolute atomic E-state index is 0.599. The molecule has 1 heterocycles. The van der Waals surface area contributed by atoms with Gasteiger partial charge in [-0.25, -0.2) is 4.98 Å². The average Bonchev–Trinajstić information content (AvgIpc) is 2.98. The Morgan fingerprint density at radius 3 is 2.40 bits per heavy atom. The fourth-order valence-corrected chi connectivity index (χ4v) is 3.32. The first-order valence-corrected chi connectivity index (χ1v) is 7.59. The van der Waals surface area contributed by atoms with E-state index in [1.54, 1.807) is 6.33 Å². The normalized spacial score (nSPS) is 26.4. The van der Waals surface area contributed by atoms with E-state index in [0.29, 0.717) is 6.04 Å². The van der Waals surface area contributed by atoms with E-state index < -0.39 is 0 Å². The molecule has 2 aromatic rings. The lowest BCUT2D eigenvalue weighted by Crippen LogP contribution is -2.36. The molecule has 3 rings (SSSR count). The molecule has 2 atom stereocenters. The lowest BCUT2D eigenvalue weighted by atomic mass is 9.78. The highest BCUT2D eigenvalue weighted by atomic mass is 14.9. The van der Waals surface area contributed by atoms with Crippen molar-refractivity contribution in [1.82, 2.24) is 9.97 Å². The number of aromatic nitrogens is 2. The van der Waals surface area contributed by atoms with Gasteiger partial charge in [0, 0.05) is 11.7 Å². The zero-order chi connectivity index (χ0) is 13.9. The Labute approximate surface area is 120 Å². The van der Waals surface area contributed by atoms with Crippen LogP contribution in [0.1, 0.15) is 33.1 Å². The van der Waals surface area contributed by atoms with Gasteiger partial charge in [0.15, 0.2) is 0 Å². The highest BCUT2D eigenvalue weighted by molar-refractivity contribution is 5.62. The lowest BCUT2D eigenvalue weighted by molar-refractivity contribution is 0.268. The van der Waals surface area contributed by atoms with Gasteiger partial charge in [0.2, 0.25) is 0 Å². The van der Waals surface area contributed by atoms with Crippen molar-refractivity contribution < 1.29 is 0 Å². The third kappa shape index (κ3) is 2.72. The molecule has 3 heteroatoms. The molecule has 106 valence electrons. The van der Waals surface area contributed by atoms with Crippen LogP contribution in [0.25, 0.3) is 11.3 Å². The predicted octanol–water partition coefficient (Wildman–Crippen LogP) is 4.31. The zero-order valence-corrected chi connectivity index (χ0v) is 12.3.